The number of ether oxygens (including phenoxy) is 1. The van der Waals surface area contributed by atoms with Crippen LogP contribution >= 0.6 is 11.6 Å². The van der Waals surface area contributed by atoms with Crippen LogP contribution in [0, 0.1) is 5.92 Å². The summed E-state index contributed by atoms with van der Waals surface area (Å²) in [6.45, 7) is 4.00. The standard InChI is InChI=1S/C18H22ClN3O2/c1-2-24-17-4-3-15(19)9-13(17)5-7-21-18(23)14-6-8-22-12-20-11-16(22)10-14/h3-4,9,11-12,14H,2,5-8,10H2,1H3,(H,21,23)/t14-/m1/s1. The topological polar surface area (TPSA) is 56.1 Å². The maximum absolute atomic E-state index is 12.4. The van der Waals surface area contributed by atoms with Crippen molar-refractivity contribution in [1.82, 2.24) is 14.9 Å². The molecule has 128 valence electrons. The maximum atomic E-state index is 12.4. The molecule has 2 heterocycles. The predicted octanol–water partition coefficient (Wildman–Crippen LogP) is 2.86. The summed E-state index contributed by atoms with van der Waals surface area (Å²) in [6.07, 6.45) is 5.99. The van der Waals surface area contributed by atoms with Crippen LogP contribution in [0.4, 0.5) is 0 Å². The number of rotatable bonds is 6. The van der Waals surface area contributed by atoms with E-state index in [4.69, 9.17) is 16.3 Å². The van der Waals surface area contributed by atoms with Crippen LogP contribution in [0.25, 0.3) is 0 Å². The van der Waals surface area contributed by atoms with Crippen molar-refractivity contribution in [3.8, 4) is 5.75 Å². The number of nitrogens with zero attached hydrogens (tertiary/aromatic N) is 2. The zero-order valence-electron chi connectivity index (χ0n) is 13.8. The largest absolute Gasteiger partial charge is 0.494 e. The Morgan fingerprint density at radius 1 is 1.50 bits per heavy atom. The summed E-state index contributed by atoms with van der Waals surface area (Å²) in [5.41, 5.74) is 2.15. The average Bonchev–Trinajstić information content (AvgIpc) is 3.05. The Balaban J connectivity index is 1.53. The van der Waals surface area contributed by atoms with Crippen LogP contribution < -0.4 is 10.1 Å². The summed E-state index contributed by atoms with van der Waals surface area (Å²) in [5.74, 6) is 0.972. The Bertz CT molecular complexity index is 714. The number of aromatic nitrogens is 2. The molecule has 5 nitrogen and oxygen atoms in total. The molecule has 6 heteroatoms. The van der Waals surface area contributed by atoms with Crippen LogP contribution in [0.2, 0.25) is 5.02 Å². The predicted molar refractivity (Wildman–Crippen MR) is 93.4 cm³/mol. The summed E-state index contributed by atoms with van der Waals surface area (Å²) in [6, 6.07) is 5.60. The molecular formula is C18H22ClN3O2. The van der Waals surface area contributed by atoms with Crippen molar-refractivity contribution in [2.75, 3.05) is 13.2 Å². The molecule has 0 radical (unpaired) electrons. The highest BCUT2D eigenvalue weighted by Gasteiger charge is 2.24. The van der Waals surface area contributed by atoms with E-state index in [2.05, 4.69) is 14.9 Å². The molecule has 3 rings (SSSR count). The van der Waals surface area contributed by atoms with Gasteiger partial charge in [0.15, 0.2) is 0 Å². The molecule has 0 bridgehead atoms. The Morgan fingerprint density at radius 2 is 2.38 bits per heavy atom. The van der Waals surface area contributed by atoms with Gasteiger partial charge in [-0.3, -0.25) is 4.79 Å². The molecule has 2 aromatic rings. The monoisotopic (exact) mass is 347 g/mol. The van der Waals surface area contributed by atoms with Gasteiger partial charge < -0.3 is 14.6 Å². The molecule has 1 aliphatic rings. The molecular weight excluding hydrogens is 326 g/mol. The number of carbonyl (C=O) groups excluding carboxylic acids is 1. The third-order valence-corrected chi connectivity index (χ3v) is 4.59. The number of benzene rings is 1. The van der Waals surface area contributed by atoms with Crippen molar-refractivity contribution in [1.29, 1.82) is 0 Å². The lowest BCUT2D eigenvalue weighted by Gasteiger charge is -2.23. The minimum absolute atomic E-state index is 0.0277. The number of imidazole rings is 1. The van der Waals surface area contributed by atoms with Crippen molar-refractivity contribution in [3.63, 3.8) is 0 Å². The zero-order valence-corrected chi connectivity index (χ0v) is 14.6. The number of aryl methyl sites for hydroxylation is 1. The highest BCUT2D eigenvalue weighted by Crippen LogP contribution is 2.24. The van der Waals surface area contributed by atoms with Crippen LogP contribution in [0.1, 0.15) is 24.6 Å². The van der Waals surface area contributed by atoms with E-state index in [1.807, 2.05) is 37.6 Å². The van der Waals surface area contributed by atoms with E-state index in [1.54, 1.807) is 0 Å². The molecule has 0 fully saturated rings. The van der Waals surface area contributed by atoms with Gasteiger partial charge in [-0.15, -0.1) is 0 Å². The number of hydrogen-bond donors (Lipinski definition) is 1. The fourth-order valence-corrected chi connectivity index (χ4v) is 3.29. The van der Waals surface area contributed by atoms with E-state index in [1.165, 1.54) is 0 Å². The third-order valence-electron chi connectivity index (χ3n) is 4.36. The van der Waals surface area contributed by atoms with Crippen LogP contribution in [0.3, 0.4) is 0 Å². The average molecular weight is 348 g/mol. The molecule has 1 N–H and O–H groups in total. The van der Waals surface area contributed by atoms with E-state index in [-0.39, 0.29) is 11.8 Å². The molecule has 1 aromatic carbocycles. The van der Waals surface area contributed by atoms with Gasteiger partial charge in [0.1, 0.15) is 5.75 Å². The second-order valence-electron chi connectivity index (χ2n) is 5.99. The van der Waals surface area contributed by atoms with Crippen molar-refractivity contribution < 1.29 is 9.53 Å². The second kappa shape index (κ2) is 7.71. The van der Waals surface area contributed by atoms with Crippen molar-refractivity contribution >= 4 is 17.5 Å². The van der Waals surface area contributed by atoms with Gasteiger partial charge in [-0.1, -0.05) is 11.6 Å². The molecule has 1 aliphatic heterocycles. The normalized spacial score (nSPS) is 16.5. The van der Waals surface area contributed by atoms with Gasteiger partial charge in [0.2, 0.25) is 5.91 Å². The van der Waals surface area contributed by atoms with E-state index >= 15 is 0 Å². The molecule has 0 aliphatic carbocycles. The minimum atomic E-state index is 0.0277. The first-order valence-corrected chi connectivity index (χ1v) is 8.73. The fourth-order valence-electron chi connectivity index (χ4n) is 3.10. The number of fused-ring (bicyclic) bond motifs is 1. The Labute approximate surface area is 147 Å². The van der Waals surface area contributed by atoms with Gasteiger partial charge in [-0.2, -0.15) is 0 Å². The summed E-state index contributed by atoms with van der Waals surface area (Å²) in [7, 11) is 0. The first kappa shape index (κ1) is 16.8. The zero-order chi connectivity index (χ0) is 16.9. The Hall–Kier alpha value is -2.01. The van der Waals surface area contributed by atoms with E-state index in [0.717, 1.165) is 36.4 Å². The van der Waals surface area contributed by atoms with Crippen molar-refractivity contribution in [2.24, 2.45) is 5.92 Å². The highest BCUT2D eigenvalue weighted by molar-refractivity contribution is 6.30. The summed E-state index contributed by atoms with van der Waals surface area (Å²) in [5, 5.41) is 3.73. The number of amides is 1. The molecule has 0 unspecified atom stereocenters. The lowest BCUT2D eigenvalue weighted by Crippen LogP contribution is -2.36. The first-order chi connectivity index (χ1) is 11.7. The smallest absolute Gasteiger partial charge is 0.223 e. The molecule has 0 saturated carbocycles. The lowest BCUT2D eigenvalue weighted by molar-refractivity contribution is -0.125. The van der Waals surface area contributed by atoms with E-state index in [9.17, 15) is 4.79 Å². The van der Waals surface area contributed by atoms with Gasteiger partial charge in [-0.25, -0.2) is 4.98 Å². The number of hydrogen-bond acceptors (Lipinski definition) is 3. The fraction of sp³-hybridized carbons (Fsp3) is 0.444. The molecule has 1 atom stereocenters. The van der Waals surface area contributed by atoms with Crippen LogP contribution in [0.15, 0.2) is 30.7 Å². The minimum Gasteiger partial charge on any atom is -0.494 e. The van der Waals surface area contributed by atoms with Gasteiger partial charge >= 0.3 is 0 Å². The van der Waals surface area contributed by atoms with E-state index in [0.29, 0.717) is 24.6 Å². The molecule has 24 heavy (non-hydrogen) atoms. The van der Waals surface area contributed by atoms with Crippen molar-refractivity contribution in [2.45, 2.75) is 32.7 Å². The van der Waals surface area contributed by atoms with E-state index < -0.39 is 0 Å². The van der Waals surface area contributed by atoms with Gasteiger partial charge in [0, 0.05) is 42.3 Å². The van der Waals surface area contributed by atoms with Gasteiger partial charge in [-0.05, 0) is 43.5 Å². The van der Waals surface area contributed by atoms with Crippen LogP contribution in [0.5, 0.6) is 5.75 Å². The number of halogens is 1. The first-order valence-electron chi connectivity index (χ1n) is 8.35. The number of nitrogens with one attached hydrogen (secondary N) is 1. The van der Waals surface area contributed by atoms with Crippen LogP contribution in [-0.4, -0.2) is 28.6 Å². The molecule has 1 amide bonds. The SMILES string of the molecule is CCOc1ccc(Cl)cc1CCNC(=O)[C@@H]1CCn2cncc2C1. The Morgan fingerprint density at radius 3 is 3.21 bits per heavy atom. The molecule has 0 spiro atoms. The Kier molecular flexibility index (Phi) is 5.41. The lowest BCUT2D eigenvalue weighted by atomic mass is 9.95. The summed E-state index contributed by atoms with van der Waals surface area (Å²) < 4.78 is 7.73. The third kappa shape index (κ3) is 3.90. The summed E-state index contributed by atoms with van der Waals surface area (Å²) in [4.78, 5) is 16.5. The quantitative estimate of drug-likeness (QED) is 0.874. The number of carbonyl (C=O) groups is 1. The molecule has 0 saturated heterocycles. The van der Waals surface area contributed by atoms with Crippen molar-refractivity contribution in [3.05, 3.63) is 47.0 Å². The highest BCUT2D eigenvalue weighted by atomic mass is 35.5. The van der Waals surface area contributed by atoms with Crippen LogP contribution in [-0.2, 0) is 24.2 Å². The second-order valence-corrected chi connectivity index (χ2v) is 6.43. The summed E-state index contributed by atoms with van der Waals surface area (Å²) >= 11 is 6.07. The van der Waals surface area contributed by atoms with Gasteiger partial charge in [0.05, 0.1) is 12.9 Å². The van der Waals surface area contributed by atoms with Gasteiger partial charge in [0.25, 0.3) is 0 Å². The maximum Gasteiger partial charge on any atom is 0.223 e. The molecule has 1 aromatic heterocycles.